The van der Waals surface area contributed by atoms with Gasteiger partial charge in [0.25, 0.3) is 0 Å². The van der Waals surface area contributed by atoms with Gasteiger partial charge < -0.3 is 18.2 Å². The second-order valence-corrected chi connectivity index (χ2v) is 28.3. The number of nitrogens with zero attached hydrogens (tertiary/aromatic N) is 4. The first-order chi connectivity index (χ1) is 51.1. The Morgan fingerprint density at radius 2 is 0.798 bits per heavy atom. The van der Waals surface area contributed by atoms with Crippen molar-refractivity contribution < 1.29 is 66.2 Å². The summed E-state index contributed by atoms with van der Waals surface area (Å²) in [7, 11) is -7.42. The van der Waals surface area contributed by atoms with E-state index in [0.29, 0.717) is 27.6 Å². The first-order valence-electron chi connectivity index (χ1n) is 34.0. The van der Waals surface area contributed by atoms with Gasteiger partial charge in [-0.05, 0) is 200 Å². The number of nitriles is 2. The SMILES string of the molecule is C1CCOC1.CC1(C)OB(c2ccc(-c3ccc(C#N)cc3)c3ccccc23)OC1(C)C.I.N#Cc1ccc(-c2ccc(-c3ccc4cc(-c5cccc6cccnc56)ccc4c3)c3ccccc23)cc1.O=S(=O)(Oc1ccc2cc(-c3cccc4cccnc34)ccc2c1)C(F)(F)C(F)(F)C(F)(F)C(F)(F)F.[B]. The third-order valence-corrected chi connectivity index (χ3v) is 20.6. The Morgan fingerprint density at radius 3 is 1.22 bits per heavy atom. The maximum Gasteiger partial charge on any atom is 0.495 e. The molecule has 16 rings (SSSR count). The van der Waals surface area contributed by atoms with Crippen LogP contribution in [0.5, 0.6) is 5.75 Å². The molecule has 2 aromatic heterocycles. The zero-order valence-electron chi connectivity index (χ0n) is 58.8. The molecule has 12 aromatic carbocycles. The summed E-state index contributed by atoms with van der Waals surface area (Å²) < 4.78 is 163. The number of benzene rings is 12. The van der Waals surface area contributed by atoms with Gasteiger partial charge in [-0.1, -0.05) is 188 Å². The summed E-state index contributed by atoms with van der Waals surface area (Å²) in [6, 6.07) is 85.5. The number of ether oxygens (including phenoxy) is 1. The number of hydrogen-bond donors (Lipinski definition) is 0. The Kier molecular flexibility index (Phi) is 23.2. The molecule has 0 saturated carbocycles. The Morgan fingerprint density at radius 1 is 0.422 bits per heavy atom. The van der Waals surface area contributed by atoms with Crippen molar-refractivity contribution >= 4 is 120 Å². The van der Waals surface area contributed by atoms with Crippen molar-refractivity contribution in [3.63, 3.8) is 0 Å². The van der Waals surface area contributed by atoms with E-state index in [-0.39, 0.29) is 49.0 Å². The minimum atomic E-state index is -7.38. The van der Waals surface area contributed by atoms with Crippen LogP contribution >= 0.6 is 24.0 Å². The van der Waals surface area contributed by atoms with Gasteiger partial charge in [0.1, 0.15) is 5.75 Å². The number of halogens is 10. The maximum absolute atomic E-state index is 13.9. The lowest BCUT2D eigenvalue weighted by Crippen LogP contribution is -2.63. The second kappa shape index (κ2) is 31.9. The lowest BCUT2D eigenvalue weighted by molar-refractivity contribution is -0.382. The quantitative estimate of drug-likeness (QED) is 0.0531. The molecule has 0 amide bonds. The molecule has 2 saturated heterocycles. The van der Waals surface area contributed by atoms with Crippen molar-refractivity contribution in [1.29, 1.82) is 10.5 Å². The van der Waals surface area contributed by atoms with Crippen molar-refractivity contribution in [3.8, 4) is 73.5 Å². The molecule has 109 heavy (non-hydrogen) atoms. The Balaban J connectivity index is 0.000000158. The molecule has 0 N–H and O–H groups in total. The molecule has 14 aromatic rings. The van der Waals surface area contributed by atoms with Gasteiger partial charge >= 0.3 is 40.5 Å². The van der Waals surface area contributed by atoms with Crippen LogP contribution in [0.1, 0.15) is 51.7 Å². The molecule has 2 aliphatic rings. The van der Waals surface area contributed by atoms with Crippen LogP contribution in [0.25, 0.3) is 121 Å². The average molecular weight is 1600 g/mol. The van der Waals surface area contributed by atoms with Crippen LogP contribution in [-0.2, 0) is 24.2 Å². The van der Waals surface area contributed by atoms with E-state index in [1.165, 1.54) is 62.7 Å². The van der Waals surface area contributed by atoms with Crippen molar-refractivity contribution in [2.75, 3.05) is 13.2 Å². The van der Waals surface area contributed by atoms with Crippen LogP contribution in [0.2, 0.25) is 0 Å². The van der Waals surface area contributed by atoms with E-state index in [1.807, 2.05) is 85.1 Å². The first kappa shape index (κ1) is 79.4. The standard InChI is InChI=1S/C36H22N2.C23H22BNO2.C23H12F9NO3S.C4H8O.B.HI/c37-23-24-10-12-25(13-11-24)31-18-19-32(35-8-2-1-7-34(31)35)29-16-14-28-22-30(17-15-27(28)21-29)33-9-3-5-26-6-4-20-38-36(26)33;1-22(2)23(3,4)27-24(26-22)21-14-13-18(19-7-5-6-8-20(19)21)17-11-9-16(15-25)10-12-17;24-20(25,22(28,29)30)21(26,27)23(31,32)37(34,35)36-17-9-8-14-11-16(7-6-15(14)12-17)18-5-1-3-13-4-2-10-33-19(13)18;1-2-4-5-3-1;;/h1-22H;5-14H,1-4H3;1-12H;1-4H2;;1H. The van der Waals surface area contributed by atoms with Gasteiger partial charge in [-0.25, -0.2) is 0 Å². The van der Waals surface area contributed by atoms with Crippen molar-refractivity contribution in [3.05, 3.63) is 278 Å². The summed E-state index contributed by atoms with van der Waals surface area (Å²) in [5, 5.41) is 20.9. The summed E-state index contributed by atoms with van der Waals surface area (Å²) >= 11 is 0. The highest BCUT2D eigenvalue weighted by molar-refractivity contribution is 14.0. The maximum atomic E-state index is 13.9. The zero-order valence-corrected chi connectivity index (χ0v) is 62.0. The topological polar surface area (TPSA) is 144 Å². The summed E-state index contributed by atoms with van der Waals surface area (Å²) in [6.07, 6.45) is -1.17. The van der Waals surface area contributed by atoms with Gasteiger partial charge in [-0.15, -0.1) is 24.0 Å². The molecule has 3 radical (unpaired) electrons. The molecule has 4 heterocycles. The number of fused-ring (bicyclic) bond motifs is 6. The van der Waals surface area contributed by atoms with Crippen molar-refractivity contribution in [2.24, 2.45) is 0 Å². The zero-order chi connectivity index (χ0) is 75.7. The van der Waals surface area contributed by atoms with E-state index >= 15 is 0 Å². The lowest BCUT2D eigenvalue weighted by atomic mass is 9.75. The summed E-state index contributed by atoms with van der Waals surface area (Å²) in [5.41, 5.74) is 13.9. The minimum Gasteiger partial charge on any atom is -0.399 e. The molecule has 10 nitrogen and oxygen atoms in total. The van der Waals surface area contributed by atoms with Crippen molar-refractivity contribution in [2.45, 2.75) is 75.0 Å². The molecule has 2 fully saturated rings. The average Bonchev–Trinajstić information content (AvgIpc) is 1.72. The number of hydrogen-bond acceptors (Lipinski definition) is 10. The molecular weight excluding hydrogens is 1540 g/mol. The second-order valence-electron chi connectivity index (χ2n) is 26.7. The molecular formula is C86H65B2F9IN4O6S. The third-order valence-electron chi connectivity index (χ3n) is 19.4. The van der Waals surface area contributed by atoms with E-state index in [2.05, 4.69) is 175 Å². The van der Waals surface area contributed by atoms with Crippen molar-refractivity contribution in [1.82, 2.24) is 9.97 Å². The third kappa shape index (κ3) is 15.8. The molecule has 0 aliphatic carbocycles. The van der Waals surface area contributed by atoms with Crippen LogP contribution in [0.4, 0.5) is 39.5 Å². The van der Waals surface area contributed by atoms with E-state index in [4.69, 9.17) is 19.3 Å². The van der Waals surface area contributed by atoms with Gasteiger partial charge in [0.2, 0.25) is 0 Å². The van der Waals surface area contributed by atoms with Gasteiger partial charge in [-0.3, -0.25) is 9.97 Å². The van der Waals surface area contributed by atoms with Gasteiger partial charge in [0, 0.05) is 55.9 Å². The highest BCUT2D eigenvalue weighted by Crippen LogP contribution is 2.55. The predicted molar refractivity (Wildman–Crippen MR) is 424 cm³/mol. The fourth-order valence-electron chi connectivity index (χ4n) is 12.9. The van der Waals surface area contributed by atoms with E-state index in [0.717, 1.165) is 91.8 Å². The fraction of sp³-hybridized carbons (Fsp3) is 0.163. The highest BCUT2D eigenvalue weighted by atomic mass is 127. The van der Waals surface area contributed by atoms with E-state index < -0.39 is 46.3 Å². The molecule has 23 heteroatoms. The summed E-state index contributed by atoms with van der Waals surface area (Å²) in [4.78, 5) is 8.97. The molecule has 0 bridgehead atoms. The molecule has 547 valence electrons. The number of alkyl halides is 9. The number of para-hydroxylation sites is 2. The van der Waals surface area contributed by atoms with Gasteiger partial charge in [0.05, 0.1) is 45.5 Å². The van der Waals surface area contributed by atoms with Gasteiger partial charge in [0.15, 0.2) is 0 Å². The number of pyridine rings is 2. The summed E-state index contributed by atoms with van der Waals surface area (Å²) in [5.74, 6) is -15.8. The molecule has 0 spiro atoms. The number of aromatic nitrogens is 2. The van der Waals surface area contributed by atoms with Crippen LogP contribution in [0.3, 0.4) is 0 Å². The monoisotopic (exact) mass is 1600 g/mol. The largest absolute Gasteiger partial charge is 0.495 e. The fourth-order valence-corrected chi connectivity index (χ4v) is 13.8. The normalized spacial score (nSPS) is 14.1. The van der Waals surface area contributed by atoms with Crippen LogP contribution in [0.15, 0.2) is 267 Å². The van der Waals surface area contributed by atoms with Crippen LogP contribution in [0, 0.1) is 22.7 Å². The first-order valence-corrected chi connectivity index (χ1v) is 35.4. The molecule has 2 aliphatic heterocycles. The predicted octanol–water partition coefficient (Wildman–Crippen LogP) is 22.3. The van der Waals surface area contributed by atoms with E-state index in [9.17, 15) is 53.2 Å². The Labute approximate surface area is 642 Å². The van der Waals surface area contributed by atoms with Gasteiger partial charge in [-0.2, -0.15) is 58.5 Å². The minimum absolute atomic E-state index is 0. The lowest BCUT2D eigenvalue weighted by Gasteiger charge is -2.32. The highest BCUT2D eigenvalue weighted by Gasteiger charge is 2.86. The Hall–Kier alpha value is -10.7. The molecule has 0 unspecified atom stereocenters. The van der Waals surface area contributed by atoms with Crippen LogP contribution < -0.4 is 9.65 Å². The van der Waals surface area contributed by atoms with E-state index in [1.54, 1.807) is 36.5 Å². The number of rotatable bonds is 11. The molecule has 0 atom stereocenters. The smallest absolute Gasteiger partial charge is 0.399 e. The summed E-state index contributed by atoms with van der Waals surface area (Å²) in [6.45, 7) is 10.3. The van der Waals surface area contributed by atoms with Crippen LogP contribution in [-0.4, -0.2) is 81.6 Å². The Bertz CT molecular complexity index is 5890.